The van der Waals surface area contributed by atoms with Crippen molar-refractivity contribution in [2.75, 3.05) is 13.2 Å². The van der Waals surface area contributed by atoms with Crippen molar-refractivity contribution < 1.29 is 9.90 Å². The van der Waals surface area contributed by atoms with Crippen molar-refractivity contribution in [1.82, 2.24) is 5.32 Å². The maximum Gasteiger partial charge on any atom is 0.237 e. The second-order valence-electron chi connectivity index (χ2n) is 3.15. The first-order valence-electron chi connectivity index (χ1n) is 4.64. The lowest BCUT2D eigenvalue weighted by atomic mass is 10.0. The number of alkyl halides is 1. The molecule has 2 N–H and O–H groups in total. The Morgan fingerprint density at radius 2 is 2.23 bits per heavy atom. The molecule has 4 heteroatoms. The zero-order valence-electron chi connectivity index (χ0n) is 8.22. The molecule has 0 bridgehead atoms. The molecule has 0 aromatic heterocycles. The Bertz CT molecular complexity index is 151. The van der Waals surface area contributed by atoms with E-state index in [2.05, 4.69) is 5.32 Å². The second-order valence-corrected chi connectivity index (χ2v) is 3.80. The lowest BCUT2D eigenvalue weighted by molar-refractivity contribution is -0.120. The monoisotopic (exact) mass is 207 g/mol. The van der Waals surface area contributed by atoms with E-state index in [0.29, 0.717) is 12.5 Å². The summed E-state index contributed by atoms with van der Waals surface area (Å²) in [5, 5.41) is 11.0. The summed E-state index contributed by atoms with van der Waals surface area (Å²) in [7, 11) is 0. The molecule has 2 unspecified atom stereocenters. The standard InChI is InChI=1S/C9H18ClNO2/c1-3-8(4-5-12)6-11-9(13)7(2)10/h7-8,12H,3-6H2,1-2H3,(H,11,13). The summed E-state index contributed by atoms with van der Waals surface area (Å²) in [6.07, 6.45) is 1.69. The van der Waals surface area contributed by atoms with Gasteiger partial charge in [0.05, 0.1) is 0 Å². The van der Waals surface area contributed by atoms with Gasteiger partial charge in [-0.1, -0.05) is 13.3 Å². The van der Waals surface area contributed by atoms with Gasteiger partial charge in [0.15, 0.2) is 0 Å². The summed E-state index contributed by atoms with van der Waals surface area (Å²) in [5.74, 6) is 0.211. The van der Waals surface area contributed by atoms with Crippen LogP contribution in [0.1, 0.15) is 26.7 Å². The average Bonchev–Trinajstić information content (AvgIpc) is 2.11. The zero-order chi connectivity index (χ0) is 10.3. The average molecular weight is 208 g/mol. The Morgan fingerprint density at radius 3 is 2.62 bits per heavy atom. The lowest BCUT2D eigenvalue weighted by Crippen LogP contribution is -2.33. The molecule has 0 aliphatic carbocycles. The molecule has 0 heterocycles. The van der Waals surface area contributed by atoms with Gasteiger partial charge < -0.3 is 10.4 Å². The van der Waals surface area contributed by atoms with E-state index < -0.39 is 5.38 Å². The molecular formula is C9H18ClNO2. The topological polar surface area (TPSA) is 49.3 Å². The normalized spacial score (nSPS) is 15.1. The molecule has 1 amide bonds. The molecule has 0 spiro atoms. The van der Waals surface area contributed by atoms with Gasteiger partial charge in [0.25, 0.3) is 0 Å². The third-order valence-corrected chi connectivity index (χ3v) is 2.24. The number of aliphatic hydroxyl groups excluding tert-OH is 1. The largest absolute Gasteiger partial charge is 0.396 e. The van der Waals surface area contributed by atoms with Crippen LogP contribution >= 0.6 is 11.6 Å². The first-order valence-corrected chi connectivity index (χ1v) is 5.08. The Morgan fingerprint density at radius 1 is 1.62 bits per heavy atom. The highest BCUT2D eigenvalue weighted by molar-refractivity contribution is 6.30. The number of rotatable bonds is 6. The predicted molar refractivity (Wildman–Crippen MR) is 53.8 cm³/mol. The van der Waals surface area contributed by atoms with Gasteiger partial charge in [-0.05, 0) is 19.3 Å². The van der Waals surface area contributed by atoms with E-state index in [1.807, 2.05) is 6.92 Å². The number of hydrogen-bond acceptors (Lipinski definition) is 2. The fourth-order valence-corrected chi connectivity index (χ4v) is 1.10. The van der Waals surface area contributed by atoms with Crippen molar-refractivity contribution in [2.45, 2.75) is 32.1 Å². The van der Waals surface area contributed by atoms with Gasteiger partial charge in [-0.3, -0.25) is 4.79 Å². The minimum Gasteiger partial charge on any atom is -0.396 e. The highest BCUT2D eigenvalue weighted by Gasteiger charge is 2.11. The molecule has 0 aliphatic rings. The van der Waals surface area contributed by atoms with Gasteiger partial charge in [-0.2, -0.15) is 0 Å². The number of carbonyl (C=O) groups is 1. The summed E-state index contributed by atoms with van der Waals surface area (Å²) in [4.78, 5) is 11.1. The minimum atomic E-state index is -0.480. The number of amides is 1. The molecule has 0 aromatic rings. The zero-order valence-corrected chi connectivity index (χ0v) is 8.97. The van der Waals surface area contributed by atoms with Crippen LogP contribution in [0.5, 0.6) is 0 Å². The quantitative estimate of drug-likeness (QED) is 0.642. The molecule has 2 atom stereocenters. The van der Waals surface area contributed by atoms with Gasteiger partial charge in [-0.25, -0.2) is 0 Å². The van der Waals surface area contributed by atoms with E-state index in [1.165, 1.54) is 0 Å². The first kappa shape index (κ1) is 12.7. The van der Waals surface area contributed by atoms with Gasteiger partial charge in [-0.15, -0.1) is 11.6 Å². The first-order chi connectivity index (χ1) is 6.11. The van der Waals surface area contributed by atoms with E-state index in [0.717, 1.165) is 12.8 Å². The van der Waals surface area contributed by atoms with E-state index in [1.54, 1.807) is 6.92 Å². The van der Waals surface area contributed by atoms with Crippen molar-refractivity contribution >= 4 is 17.5 Å². The van der Waals surface area contributed by atoms with Gasteiger partial charge in [0, 0.05) is 13.2 Å². The lowest BCUT2D eigenvalue weighted by Gasteiger charge is -2.14. The molecule has 0 aliphatic heterocycles. The van der Waals surface area contributed by atoms with Crippen LogP contribution in [0.15, 0.2) is 0 Å². The van der Waals surface area contributed by atoms with E-state index >= 15 is 0 Å². The van der Waals surface area contributed by atoms with Crippen LogP contribution < -0.4 is 5.32 Å². The van der Waals surface area contributed by atoms with Crippen LogP contribution in [0.3, 0.4) is 0 Å². The van der Waals surface area contributed by atoms with Crippen LogP contribution in [0.2, 0.25) is 0 Å². The Kier molecular flexibility index (Phi) is 7.00. The molecular weight excluding hydrogens is 190 g/mol. The fourth-order valence-electron chi connectivity index (χ4n) is 1.02. The number of nitrogens with one attached hydrogen (secondary N) is 1. The minimum absolute atomic E-state index is 0.141. The van der Waals surface area contributed by atoms with Crippen molar-refractivity contribution in [3.05, 3.63) is 0 Å². The highest BCUT2D eigenvalue weighted by Crippen LogP contribution is 2.05. The maximum atomic E-state index is 11.1. The maximum absolute atomic E-state index is 11.1. The highest BCUT2D eigenvalue weighted by atomic mass is 35.5. The molecule has 78 valence electrons. The number of carbonyl (C=O) groups excluding carboxylic acids is 1. The van der Waals surface area contributed by atoms with Crippen LogP contribution in [0, 0.1) is 5.92 Å². The Labute approximate surface area is 84.5 Å². The summed E-state index contributed by atoms with van der Waals surface area (Å²) in [6, 6.07) is 0. The molecule has 0 rings (SSSR count). The second kappa shape index (κ2) is 7.15. The van der Waals surface area contributed by atoms with Gasteiger partial charge >= 0.3 is 0 Å². The van der Waals surface area contributed by atoms with Crippen molar-refractivity contribution in [1.29, 1.82) is 0 Å². The predicted octanol–water partition coefficient (Wildman–Crippen LogP) is 1.14. The number of hydrogen-bond donors (Lipinski definition) is 2. The van der Waals surface area contributed by atoms with Crippen LogP contribution in [0.25, 0.3) is 0 Å². The number of aliphatic hydroxyl groups is 1. The smallest absolute Gasteiger partial charge is 0.237 e. The molecule has 3 nitrogen and oxygen atoms in total. The van der Waals surface area contributed by atoms with E-state index in [9.17, 15) is 4.79 Å². The molecule has 0 aromatic carbocycles. The SMILES string of the molecule is CCC(CCO)CNC(=O)C(C)Cl. The molecule has 0 saturated carbocycles. The third-order valence-electron chi connectivity index (χ3n) is 2.04. The third kappa shape index (κ3) is 5.88. The van der Waals surface area contributed by atoms with Crippen molar-refractivity contribution in [2.24, 2.45) is 5.92 Å². The fraction of sp³-hybridized carbons (Fsp3) is 0.889. The van der Waals surface area contributed by atoms with Gasteiger partial charge in [0.2, 0.25) is 5.91 Å². The van der Waals surface area contributed by atoms with E-state index in [4.69, 9.17) is 16.7 Å². The Hall–Kier alpha value is -0.280. The van der Waals surface area contributed by atoms with Crippen molar-refractivity contribution in [3.63, 3.8) is 0 Å². The molecule has 0 saturated heterocycles. The Balaban J connectivity index is 3.65. The molecule has 0 fully saturated rings. The molecule has 13 heavy (non-hydrogen) atoms. The van der Waals surface area contributed by atoms with Crippen LogP contribution in [-0.4, -0.2) is 29.5 Å². The van der Waals surface area contributed by atoms with Crippen LogP contribution in [0.4, 0.5) is 0 Å². The summed E-state index contributed by atoms with van der Waals surface area (Å²) in [5.41, 5.74) is 0. The van der Waals surface area contributed by atoms with Crippen molar-refractivity contribution in [3.8, 4) is 0 Å². The number of halogens is 1. The summed E-state index contributed by atoms with van der Waals surface area (Å²) < 4.78 is 0. The molecule has 0 radical (unpaired) electrons. The van der Waals surface area contributed by atoms with Crippen LogP contribution in [-0.2, 0) is 4.79 Å². The summed E-state index contributed by atoms with van der Waals surface area (Å²) >= 11 is 5.57. The van der Waals surface area contributed by atoms with Gasteiger partial charge in [0.1, 0.15) is 5.38 Å². The van der Waals surface area contributed by atoms with E-state index in [-0.39, 0.29) is 12.5 Å². The summed E-state index contributed by atoms with van der Waals surface area (Å²) in [6.45, 7) is 4.46.